The monoisotopic (exact) mass is 532 g/mol. The SMILES string of the molecule is CC(C)N.C[N-]C(=N)c1cccc(N2CCN(c3ccc(N4CCC(C(=O)NC)CC4)cc3)C2=O)n1.[K+]. The van der Waals surface area contributed by atoms with Gasteiger partial charge in [0.25, 0.3) is 0 Å². The van der Waals surface area contributed by atoms with Gasteiger partial charge in [-0.1, -0.05) is 27.0 Å². The fourth-order valence-electron chi connectivity index (χ4n) is 4.26. The van der Waals surface area contributed by atoms with Gasteiger partial charge in [0.15, 0.2) is 0 Å². The maximum atomic E-state index is 13.1. The Kier molecular flexibility index (Phi) is 12.5. The number of nitrogens with two attached hydrogens (primary N) is 1. The van der Waals surface area contributed by atoms with Gasteiger partial charge in [0.1, 0.15) is 5.82 Å². The first-order valence-corrected chi connectivity index (χ1v) is 12.3. The summed E-state index contributed by atoms with van der Waals surface area (Å²) in [7, 11) is 3.24. The van der Waals surface area contributed by atoms with E-state index in [1.165, 1.54) is 0 Å². The molecule has 3 heterocycles. The molecule has 4 rings (SSSR count). The van der Waals surface area contributed by atoms with Crippen LogP contribution in [0.15, 0.2) is 42.5 Å². The molecule has 2 aromatic rings. The molecule has 0 atom stereocenters. The Morgan fingerprint density at radius 3 is 2.19 bits per heavy atom. The van der Waals surface area contributed by atoms with Crippen molar-refractivity contribution in [3.05, 3.63) is 53.5 Å². The summed E-state index contributed by atoms with van der Waals surface area (Å²) in [6.07, 6.45) is 1.69. The number of hydrogen-bond acceptors (Lipinski definition) is 6. The maximum Gasteiger partial charge on any atom is 1.00 e. The number of carbonyl (C=O) groups is 2. The molecule has 0 saturated carbocycles. The molecular formula is C26H37KN8O2. The summed E-state index contributed by atoms with van der Waals surface area (Å²) in [6.45, 7) is 6.67. The van der Waals surface area contributed by atoms with Crippen molar-refractivity contribution in [1.29, 1.82) is 5.41 Å². The molecule has 37 heavy (non-hydrogen) atoms. The van der Waals surface area contributed by atoms with Crippen LogP contribution >= 0.6 is 0 Å². The molecule has 0 spiro atoms. The predicted molar refractivity (Wildman–Crippen MR) is 145 cm³/mol. The molecule has 10 nitrogen and oxygen atoms in total. The van der Waals surface area contributed by atoms with E-state index in [0.717, 1.165) is 37.3 Å². The van der Waals surface area contributed by atoms with E-state index in [2.05, 4.69) is 20.5 Å². The van der Waals surface area contributed by atoms with E-state index >= 15 is 0 Å². The molecule has 3 amide bonds. The van der Waals surface area contributed by atoms with Crippen molar-refractivity contribution in [3.8, 4) is 0 Å². The summed E-state index contributed by atoms with van der Waals surface area (Å²) in [6, 6.07) is 13.5. The van der Waals surface area contributed by atoms with Crippen molar-refractivity contribution in [2.45, 2.75) is 32.7 Å². The van der Waals surface area contributed by atoms with Crippen LogP contribution in [0.3, 0.4) is 0 Å². The zero-order valence-electron chi connectivity index (χ0n) is 22.6. The number of aromatic nitrogens is 1. The molecular weight excluding hydrogens is 495 g/mol. The van der Waals surface area contributed by atoms with Crippen molar-refractivity contribution >= 4 is 35.0 Å². The minimum Gasteiger partial charge on any atom is -0.480 e. The quantitative estimate of drug-likeness (QED) is 0.287. The number of piperidine rings is 1. The summed E-state index contributed by atoms with van der Waals surface area (Å²) in [4.78, 5) is 35.0. The number of amidine groups is 1. The van der Waals surface area contributed by atoms with Crippen molar-refractivity contribution in [3.63, 3.8) is 0 Å². The number of carbonyl (C=O) groups excluding carboxylic acids is 2. The average Bonchev–Trinajstić information content (AvgIpc) is 3.28. The normalized spacial score (nSPS) is 15.6. The van der Waals surface area contributed by atoms with Crippen molar-refractivity contribution < 1.29 is 61.0 Å². The van der Waals surface area contributed by atoms with Gasteiger partial charge in [-0.25, -0.2) is 9.78 Å². The van der Waals surface area contributed by atoms with Gasteiger partial charge in [-0.2, -0.15) is 0 Å². The second-order valence-electron chi connectivity index (χ2n) is 9.18. The molecule has 0 aliphatic carbocycles. The smallest absolute Gasteiger partial charge is 0.480 e. The van der Waals surface area contributed by atoms with E-state index in [4.69, 9.17) is 11.1 Å². The van der Waals surface area contributed by atoms with E-state index in [1.807, 2.05) is 38.1 Å². The molecule has 1 aromatic heterocycles. The van der Waals surface area contributed by atoms with E-state index in [0.29, 0.717) is 30.6 Å². The largest absolute Gasteiger partial charge is 1.00 e. The maximum absolute atomic E-state index is 13.1. The number of hydrogen-bond donors (Lipinski definition) is 3. The van der Waals surface area contributed by atoms with E-state index in [-0.39, 0.29) is 75.1 Å². The summed E-state index contributed by atoms with van der Waals surface area (Å²) >= 11 is 0. The topological polar surface area (TPSA) is 133 Å². The third-order valence-corrected chi connectivity index (χ3v) is 6.12. The molecule has 1 aromatic carbocycles. The van der Waals surface area contributed by atoms with Gasteiger partial charge < -0.3 is 26.7 Å². The Morgan fingerprint density at radius 1 is 1.05 bits per heavy atom. The molecule has 0 bridgehead atoms. The van der Waals surface area contributed by atoms with Crippen LogP contribution in [0.4, 0.5) is 22.0 Å². The predicted octanol–water partition coefficient (Wildman–Crippen LogP) is 0.177. The Labute approximate surface area is 262 Å². The molecule has 4 N–H and O–H groups in total. The minimum atomic E-state index is -0.131. The zero-order valence-corrected chi connectivity index (χ0v) is 25.7. The second-order valence-corrected chi connectivity index (χ2v) is 9.18. The Bertz CT molecular complexity index is 1050. The number of pyridine rings is 1. The van der Waals surface area contributed by atoms with Crippen LogP contribution in [0.2, 0.25) is 0 Å². The molecule has 0 unspecified atom stereocenters. The molecule has 2 fully saturated rings. The molecule has 0 radical (unpaired) electrons. The second kappa shape index (κ2) is 14.8. The molecule has 2 aliphatic rings. The van der Waals surface area contributed by atoms with Gasteiger partial charge in [-0.05, 0) is 61.1 Å². The van der Waals surface area contributed by atoms with Crippen LogP contribution in [0.1, 0.15) is 32.4 Å². The van der Waals surface area contributed by atoms with Crippen LogP contribution < -0.4 is 77.1 Å². The number of benzene rings is 1. The molecule has 2 aliphatic heterocycles. The fourth-order valence-corrected chi connectivity index (χ4v) is 4.26. The van der Waals surface area contributed by atoms with Gasteiger partial charge in [-0.3, -0.25) is 14.6 Å². The van der Waals surface area contributed by atoms with Gasteiger partial charge in [0.2, 0.25) is 5.91 Å². The summed E-state index contributed by atoms with van der Waals surface area (Å²) in [5, 5.41) is 14.4. The van der Waals surface area contributed by atoms with Crippen LogP contribution in [0, 0.1) is 11.3 Å². The van der Waals surface area contributed by atoms with Crippen LogP contribution in [-0.4, -0.2) is 69.1 Å². The zero-order chi connectivity index (χ0) is 26.2. The third-order valence-electron chi connectivity index (χ3n) is 6.12. The van der Waals surface area contributed by atoms with E-state index < -0.39 is 0 Å². The third kappa shape index (κ3) is 8.23. The first-order chi connectivity index (χ1) is 17.2. The Balaban J connectivity index is 0.000000898. The first-order valence-electron chi connectivity index (χ1n) is 12.3. The minimum absolute atomic E-state index is 0. The van der Waals surface area contributed by atoms with E-state index in [9.17, 15) is 9.59 Å². The summed E-state index contributed by atoms with van der Waals surface area (Å²) in [5.41, 5.74) is 7.50. The molecule has 2 saturated heterocycles. The van der Waals surface area contributed by atoms with Crippen LogP contribution in [0.25, 0.3) is 5.32 Å². The van der Waals surface area contributed by atoms with Crippen molar-refractivity contribution in [1.82, 2.24) is 10.3 Å². The van der Waals surface area contributed by atoms with Crippen molar-refractivity contribution in [2.24, 2.45) is 11.7 Å². The number of amides is 3. The molecule has 11 heteroatoms. The van der Waals surface area contributed by atoms with Crippen LogP contribution in [0.5, 0.6) is 0 Å². The standard InChI is InChI=1S/C23H29N7O2.C3H9N.K/c1-25-21(24)19-4-3-5-20(27-19)30-15-14-29(23(30)32)18-8-6-17(7-9-18)28-12-10-16(11-13-28)22(31)26-2;1-3(2)4;/h3-9,16H,10-15H2,1-2H3,(H3,24,25,26,31);3H,4H2,1-2H3;/q;;+1/p-1. The van der Waals surface area contributed by atoms with Gasteiger partial charge in [-0.15, -0.1) is 0 Å². The number of nitrogens with zero attached hydrogens (tertiary/aromatic N) is 5. The number of nitrogens with one attached hydrogen (secondary N) is 2. The average molecular weight is 533 g/mol. The Hall–Kier alpha value is -2.02. The van der Waals surface area contributed by atoms with Crippen LogP contribution in [-0.2, 0) is 4.79 Å². The van der Waals surface area contributed by atoms with Crippen molar-refractivity contribution in [2.75, 3.05) is 55.0 Å². The first kappa shape index (κ1) is 31.2. The summed E-state index contributed by atoms with van der Waals surface area (Å²) in [5.74, 6) is 0.827. The van der Waals surface area contributed by atoms with Gasteiger partial charge >= 0.3 is 57.4 Å². The Morgan fingerprint density at radius 2 is 1.62 bits per heavy atom. The van der Waals surface area contributed by atoms with Gasteiger partial charge in [0.05, 0.1) is 5.69 Å². The number of rotatable bonds is 5. The fraction of sp³-hybridized carbons (Fsp3) is 0.462. The summed E-state index contributed by atoms with van der Waals surface area (Å²) < 4.78 is 0. The van der Waals surface area contributed by atoms with Gasteiger partial charge in [0, 0.05) is 50.5 Å². The van der Waals surface area contributed by atoms with E-state index in [1.54, 1.807) is 42.1 Å². The number of anilines is 3. The number of urea groups is 1. The molecule has 194 valence electrons.